The van der Waals surface area contributed by atoms with Crippen LogP contribution in [-0.2, 0) is 22.6 Å². The van der Waals surface area contributed by atoms with Crippen LogP contribution in [0.5, 0.6) is 0 Å². The number of allylic oxidation sites excluding steroid dienone is 1. The summed E-state index contributed by atoms with van der Waals surface area (Å²) in [6.45, 7) is 5.84. The van der Waals surface area contributed by atoms with E-state index in [0.717, 1.165) is 23.3 Å². The van der Waals surface area contributed by atoms with E-state index < -0.39 is 21.8 Å². The highest BCUT2D eigenvalue weighted by Crippen LogP contribution is 2.32. The first-order valence-corrected chi connectivity index (χ1v) is 10.1. The largest absolute Gasteiger partial charge is 0.416 e. The monoisotopic (exact) mass is 407 g/mol. The Labute approximate surface area is 162 Å². The predicted molar refractivity (Wildman–Crippen MR) is 102 cm³/mol. The van der Waals surface area contributed by atoms with Gasteiger partial charge in [-0.2, -0.15) is 13.2 Å². The van der Waals surface area contributed by atoms with Gasteiger partial charge < -0.3 is 0 Å². The second kappa shape index (κ2) is 7.47. The van der Waals surface area contributed by atoms with Gasteiger partial charge in [-0.05, 0) is 48.7 Å². The first kappa shape index (κ1) is 20.2. The maximum absolute atomic E-state index is 12.9. The highest BCUT2D eigenvalue weighted by molar-refractivity contribution is 7.89. The Hall–Kier alpha value is -2.54. The molecule has 0 saturated carbocycles. The first-order chi connectivity index (χ1) is 13.1. The number of benzene rings is 2. The minimum absolute atomic E-state index is 0.172. The molecule has 148 valence electrons. The average Bonchev–Trinajstić information content (AvgIpc) is 3.05. The number of halogens is 3. The van der Waals surface area contributed by atoms with E-state index in [0.29, 0.717) is 12.0 Å². The Balaban J connectivity index is 1.79. The minimum atomic E-state index is -4.38. The highest BCUT2D eigenvalue weighted by atomic mass is 32.2. The maximum Gasteiger partial charge on any atom is 0.416 e. The number of rotatable bonds is 5. The number of hydrogen-bond donors (Lipinski definition) is 0. The Bertz CT molecular complexity index is 991. The smallest absolute Gasteiger partial charge is 0.272 e. The molecule has 0 saturated heterocycles. The second-order valence-corrected chi connectivity index (χ2v) is 8.71. The van der Waals surface area contributed by atoms with Crippen molar-refractivity contribution in [1.29, 1.82) is 0 Å². The molecule has 0 fully saturated rings. The van der Waals surface area contributed by atoms with Gasteiger partial charge in [0.05, 0.1) is 10.5 Å². The van der Waals surface area contributed by atoms with Crippen LogP contribution in [0.2, 0.25) is 0 Å². The molecule has 0 amide bonds. The van der Waals surface area contributed by atoms with Crippen molar-refractivity contribution in [3.8, 4) is 0 Å². The standard InChI is InChI=1S/C21H20F3NO2S/c1-3-17-13-25(28(26,27)20-10-4-15(2)5-11-20)14-18(17)12-16-6-8-19(9-7-16)21(22,23)24/h3-11,13,18H,1,12,14H2,2H3. The number of nitrogens with zero attached hydrogens (tertiary/aromatic N) is 1. The minimum Gasteiger partial charge on any atom is -0.272 e. The Morgan fingerprint density at radius 1 is 1.11 bits per heavy atom. The molecule has 0 N–H and O–H groups in total. The van der Waals surface area contributed by atoms with Gasteiger partial charge in [0.2, 0.25) is 0 Å². The zero-order valence-electron chi connectivity index (χ0n) is 15.3. The summed E-state index contributed by atoms with van der Waals surface area (Å²) in [4.78, 5) is 0.202. The second-order valence-electron chi connectivity index (χ2n) is 6.82. The molecule has 0 aliphatic carbocycles. The van der Waals surface area contributed by atoms with Gasteiger partial charge in [0.1, 0.15) is 0 Å². The summed E-state index contributed by atoms with van der Waals surface area (Å²) >= 11 is 0. The highest BCUT2D eigenvalue weighted by Gasteiger charge is 2.32. The quantitative estimate of drug-likeness (QED) is 0.704. The molecule has 0 radical (unpaired) electrons. The van der Waals surface area contributed by atoms with Crippen molar-refractivity contribution >= 4 is 10.0 Å². The van der Waals surface area contributed by atoms with Crippen LogP contribution in [0.15, 0.2) is 77.9 Å². The SMILES string of the molecule is C=CC1=CN(S(=O)(=O)c2ccc(C)cc2)CC1Cc1ccc(C(F)(F)F)cc1. The van der Waals surface area contributed by atoms with Crippen molar-refractivity contribution in [2.24, 2.45) is 5.92 Å². The van der Waals surface area contributed by atoms with Crippen molar-refractivity contribution in [2.75, 3.05) is 6.54 Å². The van der Waals surface area contributed by atoms with E-state index in [1.165, 1.54) is 16.4 Å². The van der Waals surface area contributed by atoms with E-state index >= 15 is 0 Å². The lowest BCUT2D eigenvalue weighted by atomic mass is 9.94. The van der Waals surface area contributed by atoms with Crippen LogP contribution in [0.1, 0.15) is 16.7 Å². The summed E-state index contributed by atoms with van der Waals surface area (Å²) in [7, 11) is -3.69. The van der Waals surface area contributed by atoms with Crippen LogP contribution in [0.4, 0.5) is 13.2 Å². The Kier molecular flexibility index (Phi) is 5.39. The number of sulfonamides is 1. The van der Waals surface area contributed by atoms with E-state index in [-0.39, 0.29) is 17.4 Å². The fourth-order valence-electron chi connectivity index (χ4n) is 3.18. The molecule has 1 atom stereocenters. The van der Waals surface area contributed by atoms with Gasteiger partial charge in [-0.1, -0.05) is 42.5 Å². The molecule has 1 aliphatic rings. The van der Waals surface area contributed by atoms with Crippen molar-refractivity contribution in [3.63, 3.8) is 0 Å². The summed E-state index contributed by atoms with van der Waals surface area (Å²) < 4.78 is 65.2. The molecule has 3 rings (SSSR count). The van der Waals surface area contributed by atoms with E-state index in [4.69, 9.17) is 0 Å². The van der Waals surface area contributed by atoms with Gasteiger partial charge in [-0.15, -0.1) is 0 Å². The molecule has 1 unspecified atom stereocenters. The fourth-order valence-corrected chi connectivity index (χ4v) is 4.56. The third-order valence-electron chi connectivity index (χ3n) is 4.79. The zero-order valence-corrected chi connectivity index (χ0v) is 16.1. The van der Waals surface area contributed by atoms with Crippen molar-refractivity contribution < 1.29 is 21.6 Å². The lowest BCUT2D eigenvalue weighted by Crippen LogP contribution is -2.27. The molecule has 0 bridgehead atoms. The van der Waals surface area contributed by atoms with Crippen molar-refractivity contribution in [3.05, 3.63) is 89.6 Å². The predicted octanol–water partition coefficient (Wildman–Crippen LogP) is 4.95. The van der Waals surface area contributed by atoms with Crippen molar-refractivity contribution in [2.45, 2.75) is 24.4 Å². The average molecular weight is 407 g/mol. The van der Waals surface area contributed by atoms with Gasteiger partial charge in [-0.25, -0.2) is 8.42 Å². The summed E-state index contributed by atoms with van der Waals surface area (Å²) in [5.41, 5.74) is 1.71. The van der Waals surface area contributed by atoms with Gasteiger partial charge in [-0.3, -0.25) is 4.31 Å². The van der Waals surface area contributed by atoms with Gasteiger partial charge in [0.25, 0.3) is 10.0 Å². The summed E-state index contributed by atoms with van der Waals surface area (Å²) in [6, 6.07) is 11.6. The van der Waals surface area contributed by atoms with E-state index in [1.807, 2.05) is 6.92 Å². The van der Waals surface area contributed by atoms with E-state index in [9.17, 15) is 21.6 Å². The van der Waals surface area contributed by atoms with Gasteiger partial charge >= 0.3 is 6.18 Å². The lowest BCUT2D eigenvalue weighted by molar-refractivity contribution is -0.137. The molecule has 28 heavy (non-hydrogen) atoms. The topological polar surface area (TPSA) is 37.4 Å². The normalized spacial score (nSPS) is 17.5. The maximum atomic E-state index is 12.9. The molecule has 3 nitrogen and oxygen atoms in total. The molecular formula is C21H20F3NO2S. The van der Waals surface area contributed by atoms with E-state index in [2.05, 4.69) is 6.58 Å². The third kappa shape index (κ3) is 4.14. The van der Waals surface area contributed by atoms with Crippen LogP contribution in [-0.4, -0.2) is 19.3 Å². The lowest BCUT2D eigenvalue weighted by Gasteiger charge is -2.19. The zero-order chi connectivity index (χ0) is 20.5. The molecule has 1 heterocycles. The molecular weight excluding hydrogens is 387 g/mol. The summed E-state index contributed by atoms with van der Waals surface area (Å²) in [5, 5.41) is 0. The van der Waals surface area contributed by atoms with Gasteiger partial charge in [0.15, 0.2) is 0 Å². The molecule has 2 aromatic carbocycles. The van der Waals surface area contributed by atoms with Crippen LogP contribution < -0.4 is 0 Å². The molecule has 1 aliphatic heterocycles. The molecule has 7 heteroatoms. The number of alkyl halides is 3. The molecule has 0 aromatic heterocycles. The Morgan fingerprint density at radius 3 is 2.25 bits per heavy atom. The van der Waals surface area contributed by atoms with Crippen molar-refractivity contribution in [1.82, 2.24) is 4.31 Å². The van der Waals surface area contributed by atoms with Crippen LogP contribution >= 0.6 is 0 Å². The third-order valence-corrected chi connectivity index (χ3v) is 6.53. The molecule has 2 aromatic rings. The van der Waals surface area contributed by atoms with Crippen LogP contribution in [0.3, 0.4) is 0 Å². The van der Waals surface area contributed by atoms with Gasteiger partial charge in [0, 0.05) is 18.7 Å². The number of hydrogen-bond acceptors (Lipinski definition) is 2. The van der Waals surface area contributed by atoms with Crippen LogP contribution in [0.25, 0.3) is 0 Å². The summed E-state index contributed by atoms with van der Waals surface area (Å²) in [6.07, 6.45) is -0.802. The summed E-state index contributed by atoms with van der Waals surface area (Å²) in [5.74, 6) is -0.172. The van der Waals surface area contributed by atoms with Crippen LogP contribution in [0, 0.1) is 12.8 Å². The number of aryl methyl sites for hydroxylation is 1. The molecule has 0 spiro atoms. The Morgan fingerprint density at radius 2 is 1.71 bits per heavy atom. The first-order valence-electron chi connectivity index (χ1n) is 8.70. The fraction of sp³-hybridized carbons (Fsp3) is 0.238. The van der Waals surface area contributed by atoms with E-state index in [1.54, 1.807) is 36.5 Å².